The van der Waals surface area contributed by atoms with Gasteiger partial charge in [0.1, 0.15) is 11.5 Å². The zero-order valence-corrected chi connectivity index (χ0v) is 12.0. The van der Waals surface area contributed by atoms with Crippen molar-refractivity contribution in [3.63, 3.8) is 0 Å². The minimum Gasteiger partial charge on any atom is -0.347 e. The molecule has 2 aromatic heterocycles. The Morgan fingerprint density at radius 3 is 2.71 bits per heavy atom. The molecular formula is C16H20N4O. The van der Waals surface area contributed by atoms with Crippen LogP contribution in [0.1, 0.15) is 48.4 Å². The molecule has 110 valence electrons. The number of H-pyrrole nitrogens is 1. The summed E-state index contributed by atoms with van der Waals surface area (Å²) in [7, 11) is 0. The molecule has 5 heteroatoms. The van der Waals surface area contributed by atoms with Crippen molar-refractivity contribution in [2.45, 2.75) is 44.7 Å². The number of amides is 1. The third kappa shape index (κ3) is 3.29. The number of carbonyl (C=O) groups is 1. The summed E-state index contributed by atoms with van der Waals surface area (Å²) in [5.74, 6) is 0.823. The summed E-state index contributed by atoms with van der Waals surface area (Å²) in [6, 6.07) is 5.75. The molecular weight excluding hydrogens is 264 g/mol. The predicted octanol–water partition coefficient (Wildman–Crippen LogP) is 2.78. The van der Waals surface area contributed by atoms with Crippen LogP contribution >= 0.6 is 0 Å². The van der Waals surface area contributed by atoms with Crippen molar-refractivity contribution in [3.05, 3.63) is 48.3 Å². The Morgan fingerprint density at radius 2 is 2.05 bits per heavy atom. The number of aromatic nitrogens is 3. The molecule has 2 heterocycles. The van der Waals surface area contributed by atoms with Crippen LogP contribution in [0.5, 0.6) is 0 Å². The fraction of sp³-hybridized carbons (Fsp3) is 0.438. The monoisotopic (exact) mass is 284 g/mol. The van der Waals surface area contributed by atoms with E-state index in [4.69, 9.17) is 0 Å². The van der Waals surface area contributed by atoms with E-state index in [0.29, 0.717) is 18.3 Å². The van der Waals surface area contributed by atoms with Gasteiger partial charge in [-0.3, -0.25) is 9.78 Å². The van der Waals surface area contributed by atoms with E-state index in [9.17, 15) is 4.79 Å². The summed E-state index contributed by atoms with van der Waals surface area (Å²) >= 11 is 0. The van der Waals surface area contributed by atoms with Crippen LogP contribution < -0.4 is 0 Å². The van der Waals surface area contributed by atoms with E-state index in [0.717, 1.165) is 18.7 Å². The first kappa shape index (κ1) is 13.8. The number of carbonyl (C=O) groups excluding carboxylic acids is 1. The highest BCUT2D eigenvalue weighted by molar-refractivity contribution is 5.92. The van der Waals surface area contributed by atoms with Gasteiger partial charge >= 0.3 is 0 Å². The zero-order valence-electron chi connectivity index (χ0n) is 12.0. The molecule has 1 aliphatic rings. The first-order chi connectivity index (χ1) is 10.3. The Bertz CT molecular complexity index is 561. The lowest BCUT2D eigenvalue weighted by molar-refractivity contribution is 0.0602. The molecule has 1 N–H and O–H groups in total. The Kier molecular flexibility index (Phi) is 4.28. The third-order valence-corrected chi connectivity index (χ3v) is 4.04. The Labute approximate surface area is 124 Å². The fourth-order valence-corrected chi connectivity index (χ4v) is 2.94. The smallest absolute Gasteiger partial charge is 0.273 e. The number of nitrogens with zero attached hydrogens (tertiary/aromatic N) is 3. The quantitative estimate of drug-likeness (QED) is 0.939. The highest BCUT2D eigenvalue weighted by Crippen LogP contribution is 2.24. The van der Waals surface area contributed by atoms with Gasteiger partial charge in [-0.05, 0) is 25.0 Å². The summed E-state index contributed by atoms with van der Waals surface area (Å²) in [6.45, 7) is 0.521. The van der Waals surface area contributed by atoms with E-state index in [1.165, 1.54) is 19.3 Å². The molecule has 0 aliphatic heterocycles. The molecule has 1 amide bonds. The number of nitrogens with one attached hydrogen (secondary N) is 1. The summed E-state index contributed by atoms with van der Waals surface area (Å²) < 4.78 is 0. The first-order valence-electron chi connectivity index (χ1n) is 7.55. The fourth-order valence-electron chi connectivity index (χ4n) is 2.94. The molecule has 1 saturated carbocycles. The standard InChI is InChI=1S/C16H20N4O/c21-16(14-8-4-5-9-17-14)20(12-15-18-10-11-19-15)13-6-2-1-3-7-13/h4-5,8-11,13H,1-3,6-7,12H2,(H,18,19). The van der Waals surface area contributed by atoms with E-state index < -0.39 is 0 Å². The van der Waals surface area contributed by atoms with Crippen LogP contribution in [0, 0.1) is 0 Å². The van der Waals surface area contributed by atoms with Crippen LogP contribution in [0.15, 0.2) is 36.8 Å². The number of rotatable bonds is 4. The van der Waals surface area contributed by atoms with Gasteiger partial charge < -0.3 is 9.88 Å². The van der Waals surface area contributed by atoms with Gasteiger partial charge in [0.25, 0.3) is 5.91 Å². The molecule has 0 saturated heterocycles. The van der Waals surface area contributed by atoms with Gasteiger partial charge in [-0.25, -0.2) is 4.98 Å². The molecule has 0 bridgehead atoms. The van der Waals surface area contributed by atoms with Crippen LogP contribution in [0.3, 0.4) is 0 Å². The molecule has 0 unspecified atom stereocenters. The molecule has 2 aromatic rings. The van der Waals surface area contributed by atoms with Crippen molar-refractivity contribution in [3.8, 4) is 0 Å². The van der Waals surface area contributed by atoms with Gasteiger partial charge in [0.05, 0.1) is 6.54 Å². The number of imidazole rings is 1. The van der Waals surface area contributed by atoms with E-state index in [-0.39, 0.29) is 5.91 Å². The average Bonchev–Trinajstić information content (AvgIpc) is 3.07. The van der Waals surface area contributed by atoms with E-state index in [1.807, 2.05) is 17.0 Å². The lowest BCUT2D eigenvalue weighted by Gasteiger charge is -2.33. The SMILES string of the molecule is O=C(c1ccccn1)N(Cc1ncc[nH]1)C1CCCCC1. The topological polar surface area (TPSA) is 61.9 Å². The highest BCUT2D eigenvalue weighted by atomic mass is 16.2. The normalized spacial score (nSPS) is 15.8. The van der Waals surface area contributed by atoms with Crippen molar-refractivity contribution >= 4 is 5.91 Å². The van der Waals surface area contributed by atoms with Crippen LogP contribution in [-0.4, -0.2) is 31.8 Å². The lowest BCUT2D eigenvalue weighted by atomic mass is 9.94. The van der Waals surface area contributed by atoms with Crippen LogP contribution in [0.4, 0.5) is 0 Å². The van der Waals surface area contributed by atoms with Gasteiger partial charge in [-0.2, -0.15) is 0 Å². The third-order valence-electron chi connectivity index (χ3n) is 4.04. The van der Waals surface area contributed by atoms with Crippen molar-refractivity contribution in [1.29, 1.82) is 0 Å². The molecule has 0 aromatic carbocycles. The molecule has 0 radical (unpaired) electrons. The summed E-state index contributed by atoms with van der Waals surface area (Å²) in [5.41, 5.74) is 0.509. The average molecular weight is 284 g/mol. The molecule has 0 atom stereocenters. The minimum absolute atomic E-state index is 0.00102. The Morgan fingerprint density at radius 1 is 1.19 bits per heavy atom. The summed E-state index contributed by atoms with van der Waals surface area (Å²) in [5, 5.41) is 0. The number of hydrogen-bond donors (Lipinski definition) is 1. The number of aromatic amines is 1. The molecule has 3 rings (SSSR count). The van der Waals surface area contributed by atoms with E-state index in [2.05, 4.69) is 15.0 Å². The Balaban J connectivity index is 1.82. The van der Waals surface area contributed by atoms with Crippen LogP contribution in [-0.2, 0) is 6.54 Å². The van der Waals surface area contributed by atoms with Crippen molar-refractivity contribution < 1.29 is 4.79 Å². The molecule has 5 nitrogen and oxygen atoms in total. The van der Waals surface area contributed by atoms with Crippen molar-refractivity contribution in [2.24, 2.45) is 0 Å². The van der Waals surface area contributed by atoms with E-state index >= 15 is 0 Å². The second-order valence-corrected chi connectivity index (χ2v) is 5.48. The van der Waals surface area contributed by atoms with Crippen LogP contribution in [0.2, 0.25) is 0 Å². The number of hydrogen-bond acceptors (Lipinski definition) is 3. The van der Waals surface area contributed by atoms with Crippen molar-refractivity contribution in [2.75, 3.05) is 0 Å². The summed E-state index contributed by atoms with van der Waals surface area (Å²) in [6.07, 6.45) is 11.0. The minimum atomic E-state index is -0.00102. The summed E-state index contributed by atoms with van der Waals surface area (Å²) in [4.78, 5) is 26.3. The van der Waals surface area contributed by atoms with Gasteiger partial charge in [-0.15, -0.1) is 0 Å². The zero-order chi connectivity index (χ0) is 14.5. The maximum atomic E-state index is 12.8. The lowest BCUT2D eigenvalue weighted by Crippen LogP contribution is -2.41. The predicted molar refractivity (Wildman–Crippen MR) is 79.6 cm³/mol. The van der Waals surface area contributed by atoms with Gasteiger partial charge in [0.15, 0.2) is 0 Å². The molecule has 0 spiro atoms. The molecule has 1 aliphatic carbocycles. The maximum Gasteiger partial charge on any atom is 0.273 e. The Hall–Kier alpha value is -2.17. The highest BCUT2D eigenvalue weighted by Gasteiger charge is 2.27. The second kappa shape index (κ2) is 6.52. The van der Waals surface area contributed by atoms with Gasteiger partial charge in [0, 0.05) is 24.6 Å². The molecule has 21 heavy (non-hydrogen) atoms. The van der Waals surface area contributed by atoms with Crippen molar-refractivity contribution in [1.82, 2.24) is 19.9 Å². The van der Waals surface area contributed by atoms with Crippen LogP contribution in [0.25, 0.3) is 0 Å². The number of pyridine rings is 1. The maximum absolute atomic E-state index is 12.8. The molecule has 1 fully saturated rings. The first-order valence-corrected chi connectivity index (χ1v) is 7.55. The van der Waals surface area contributed by atoms with E-state index in [1.54, 1.807) is 24.7 Å². The largest absolute Gasteiger partial charge is 0.347 e. The second-order valence-electron chi connectivity index (χ2n) is 5.48. The van der Waals surface area contributed by atoms with Gasteiger partial charge in [0.2, 0.25) is 0 Å². The van der Waals surface area contributed by atoms with Gasteiger partial charge in [-0.1, -0.05) is 25.3 Å².